The summed E-state index contributed by atoms with van der Waals surface area (Å²) in [6.45, 7) is 1.80. The molecule has 0 aromatic carbocycles. The number of carboxylic acid groups (broad SMARTS) is 1. The number of rotatable bonds is 1. The van der Waals surface area contributed by atoms with Gasteiger partial charge in [-0.3, -0.25) is 9.59 Å². The molecule has 3 nitrogen and oxygen atoms in total. The van der Waals surface area contributed by atoms with Crippen molar-refractivity contribution in [3.05, 3.63) is 0 Å². The van der Waals surface area contributed by atoms with Gasteiger partial charge in [0.05, 0.1) is 5.41 Å². The smallest absolute Gasteiger partial charge is 0.309 e. The molecular formula is C11H14O3. The van der Waals surface area contributed by atoms with Gasteiger partial charge in [0, 0.05) is 11.8 Å². The molecule has 0 saturated heterocycles. The van der Waals surface area contributed by atoms with E-state index in [1.807, 2.05) is 0 Å². The average Bonchev–Trinajstić information content (AvgIpc) is 2.71. The van der Waals surface area contributed by atoms with E-state index < -0.39 is 11.4 Å². The van der Waals surface area contributed by atoms with Crippen molar-refractivity contribution in [2.24, 2.45) is 22.7 Å². The Labute approximate surface area is 82.5 Å². The van der Waals surface area contributed by atoms with Gasteiger partial charge in [-0.25, -0.2) is 0 Å². The lowest BCUT2D eigenvalue weighted by Crippen LogP contribution is -2.37. The Balaban J connectivity index is 1.97. The lowest BCUT2D eigenvalue weighted by molar-refractivity contribution is -0.152. The maximum absolute atomic E-state index is 11.7. The topological polar surface area (TPSA) is 54.4 Å². The van der Waals surface area contributed by atoms with Crippen LogP contribution in [0, 0.1) is 22.7 Å². The first-order valence-corrected chi connectivity index (χ1v) is 5.24. The molecule has 0 aromatic rings. The second-order valence-corrected chi connectivity index (χ2v) is 5.67. The Hall–Kier alpha value is -0.860. The van der Waals surface area contributed by atoms with Crippen LogP contribution in [-0.4, -0.2) is 16.9 Å². The van der Waals surface area contributed by atoms with Crippen LogP contribution in [0.4, 0.5) is 0 Å². The number of carboxylic acids is 1. The SMILES string of the molecule is CC1(C(=O)O)CC2CC3(CC3C2=O)C1. The number of Topliss-reactive ketones (excluding diaryl/α,β-unsaturated/α-hetero) is 1. The molecule has 3 saturated carbocycles. The van der Waals surface area contributed by atoms with Gasteiger partial charge in [0.1, 0.15) is 5.78 Å². The van der Waals surface area contributed by atoms with Crippen molar-refractivity contribution in [2.45, 2.75) is 32.6 Å². The molecule has 0 aliphatic heterocycles. The molecule has 14 heavy (non-hydrogen) atoms. The van der Waals surface area contributed by atoms with E-state index in [-0.39, 0.29) is 17.3 Å². The number of fused-ring (bicyclic) bond motifs is 1. The van der Waals surface area contributed by atoms with E-state index in [9.17, 15) is 9.59 Å². The van der Waals surface area contributed by atoms with Gasteiger partial charge in [-0.05, 0) is 38.0 Å². The monoisotopic (exact) mass is 194 g/mol. The largest absolute Gasteiger partial charge is 0.481 e. The summed E-state index contributed by atoms with van der Waals surface area (Å²) < 4.78 is 0. The van der Waals surface area contributed by atoms with Crippen LogP contribution < -0.4 is 0 Å². The highest BCUT2D eigenvalue weighted by Gasteiger charge is 2.70. The zero-order chi connectivity index (χ0) is 10.1. The van der Waals surface area contributed by atoms with Crippen LogP contribution in [0.1, 0.15) is 32.6 Å². The van der Waals surface area contributed by atoms with Gasteiger partial charge in [-0.1, -0.05) is 0 Å². The molecule has 4 atom stereocenters. The second kappa shape index (κ2) is 2.05. The fraction of sp³-hybridized carbons (Fsp3) is 0.818. The summed E-state index contributed by atoms with van der Waals surface area (Å²) in [6, 6.07) is 0. The van der Waals surface area contributed by atoms with Crippen molar-refractivity contribution < 1.29 is 14.7 Å². The maximum Gasteiger partial charge on any atom is 0.309 e. The van der Waals surface area contributed by atoms with Crippen molar-refractivity contribution in [3.8, 4) is 0 Å². The number of hydrogen-bond acceptors (Lipinski definition) is 2. The van der Waals surface area contributed by atoms with Crippen molar-refractivity contribution in [2.75, 3.05) is 0 Å². The number of ketones is 1. The molecule has 4 unspecified atom stereocenters. The summed E-state index contributed by atoms with van der Waals surface area (Å²) in [4.78, 5) is 22.9. The van der Waals surface area contributed by atoms with Crippen LogP contribution in [0.25, 0.3) is 0 Å². The van der Waals surface area contributed by atoms with Crippen LogP contribution in [-0.2, 0) is 9.59 Å². The molecule has 1 N–H and O–H groups in total. The number of aliphatic carboxylic acids is 1. The average molecular weight is 194 g/mol. The first-order chi connectivity index (χ1) is 6.47. The predicted octanol–water partition coefficient (Wildman–Crippen LogP) is 1.47. The van der Waals surface area contributed by atoms with E-state index in [0.29, 0.717) is 12.2 Å². The third-order valence-corrected chi connectivity index (χ3v) is 4.54. The molecule has 76 valence electrons. The van der Waals surface area contributed by atoms with Crippen LogP contribution in [0.5, 0.6) is 0 Å². The Bertz CT molecular complexity index is 348. The molecule has 3 aliphatic carbocycles. The Morgan fingerprint density at radius 2 is 2.14 bits per heavy atom. The lowest BCUT2D eigenvalue weighted by Gasteiger charge is -2.35. The van der Waals surface area contributed by atoms with Crippen LogP contribution >= 0.6 is 0 Å². The normalized spacial score (nSPS) is 54.2. The minimum atomic E-state index is -0.720. The number of hydrogen-bond donors (Lipinski definition) is 1. The summed E-state index contributed by atoms with van der Waals surface area (Å²) in [5, 5.41) is 9.17. The van der Waals surface area contributed by atoms with Gasteiger partial charge in [-0.15, -0.1) is 0 Å². The molecule has 0 radical (unpaired) electrons. The Morgan fingerprint density at radius 3 is 2.71 bits per heavy atom. The van der Waals surface area contributed by atoms with Gasteiger partial charge >= 0.3 is 5.97 Å². The highest BCUT2D eigenvalue weighted by Crippen LogP contribution is 2.72. The number of carbonyl (C=O) groups excluding carboxylic acids is 1. The highest BCUT2D eigenvalue weighted by molar-refractivity contribution is 5.92. The van der Waals surface area contributed by atoms with Gasteiger partial charge in [0.15, 0.2) is 0 Å². The fourth-order valence-electron chi connectivity index (χ4n) is 3.85. The van der Waals surface area contributed by atoms with E-state index in [2.05, 4.69) is 0 Å². The number of carbonyl (C=O) groups is 2. The Kier molecular flexibility index (Phi) is 1.23. The van der Waals surface area contributed by atoms with E-state index in [1.54, 1.807) is 6.92 Å². The molecule has 3 rings (SSSR count). The fourth-order valence-corrected chi connectivity index (χ4v) is 3.85. The van der Waals surface area contributed by atoms with E-state index in [4.69, 9.17) is 5.11 Å². The summed E-state index contributed by atoms with van der Waals surface area (Å²) in [7, 11) is 0. The van der Waals surface area contributed by atoms with Gasteiger partial charge in [0.2, 0.25) is 0 Å². The van der Waals surface area contributed by atoms with Crippen LogP contribution in [0.15, 0.2) is 0 Å². The van der Waals surface area contributed by atoms with E-state index in [1.165, 1.54) is 0 Å². The molecule has 0 heterocycles. The van der Waals surface area contributed by atoms with Gasteiger partial charge < -0.3 is 5.11 Å². The summed E-state index contributed by atoms with van der Waals surface area (Å²) >= 11 is 0. The first-order valence-electron chi connectivity index (χ1n) is 5.24. The third kappa shape index (κ3) is 0.787. The summed E-state index contributed by atoms with van der Waals surface area (Å²) in [5.41, 5.74) is -0.517. The van der Waals surface area contributed by atoms with Crippen molar-refractivity contribution in [3.63, 3.8) is 0 Å². The molecule has 3 aliphatic rings. The zero-order valence-corrected chi connectivity index (χ0v) is 8.25. The molecular weight excluding hydrogens is 180 g/mol. The van der Waals surface area contributed by atoms with Gasteiger partial charge in [-0.2, -0.15) is 0 Å². The summed E-state index contributed by atoms with van der Waals surface area (Å²) in [5.74, 6) is -0.0748. The summed E-state index contributed by atoms with van der Waals surface area (Å²) in [6.07, 6.45) is 3.23. The van der Waals surface area contributed by atoms with Crippen molar-refractivity contribution in [1.29, 1.82) is 0 Å². The highest BCUT2D eigenvalue weighted by atomic mass is 16.4. The second-order valence-electron chi connectivity index (χ2n) is 5.67. The van der Waals surface area contributed by atoms with E-state index >= 15 is 0 Å². The predicted molar refractivity (Wildman–Crippen MR) is 48.6 cm³/mol. The van der Waals surface area contributed by atoms with Crippen molar-refractivity contribution in [1.82, 2.24) is 0 Å². The first kappa shape index (κ1) is 8.45. The standard InChI is InChI=1S/C11H14O3/c1-10(9(13)14)2-6-3-11(5-10)4-7(11)8(6)12/h6-7H,2-5H2,1H3,(H,13,14). The lowest BCUT2D eigenvalue weighted by atomic mass is 9.67. The van der Waals surface area contributed by atoms with E-state index in [0.717, 1.165) is 19.3 Å². The van der Waals surface area contributed by atoms with Crippen LogP contribution in [0.2, 0.25) is 0 Å². The minimum Gasteiger partial charge on any atom is -0.481 e. The van der Waals surface area contributed by atoms with Crippen molar-refractivity contribution >= 4 is 11.8 Å². The quantitative estimate of drug-likeness (QED) is 0.687. The maximum atomic E-state index is 11.7. The molecule has 1 spiro atoms. The zero-order valence-electron chi connectivity index (χ0n) is 8.25. The third-order valence-electron chi connectivity index (χ3n) is 4.54. The van der Waals surface area contributed by atoms with Gasteiger partial charge in [0.25, 0.3) is 0 Å². The molecule has 0 amide bonds. The molecule has 3 heteroatoms. The van der Waals surface area contributed by atoms with Crippen LogP contribution in [0.3, 0.4) is 0 Å². The molecule has 0 aromatic heterocycles. The minimum absolute atomic E-state index is 0.0589. The molecule has 3 fully saturated rings. The molecule has 2 bridgehead atoms. The Morgan fingerprint density at radius 1 is 1.43 bits per heavy atom.